The van der Waals surface area contributed by atoms with Crippen LogP contribution in [0.1, 0.15) is 0 Å². The van der Waals surface area contributed by atoms with E-state index in [1.807, 2.05) is 0 Å². The molecular formula is C6H6Br2O3. The molecule has 0 unspecified atom stereocenters. The van der Waals surface area contributed by atoms with Crippen LogP contribution in [0.3, 0.4) is 0 Å². The number of halogens is 2. The summed E-state index contributed by atoms with van der Waals surface area (Å²) < 4.78 is 9.42. The molecule has 0 atom stereocenters. The minimum absolute atomic E-state index is 0.324. The molecule has 3 nitrogen and oxygen atoms in total. The minimum Gasteiger partial charge on any atom is -0.429 e. The van der Waals surface area contributed by atoms with Crippen molar-refractivity contribution in [2.24, 2.45) is 0 Å². The Hall–Kier alpha value is -0.0300. The molecule has 0 aromatic carbocycles. The Bertz CT molecular complexity index is 200. The normalized spacial score (nSPS) is 17.8. The maximum Gasteiger partial charge on any atom is 0.513 e. The SMILES string of the molecule is O=C1OCC(CBr)=C(CBr)O1. The molecule has 62 valence electrons. The van der Waals surface area contributed by atoms with Gasteiger partial charge in [0, 0.05) is 10.9 Å². The molecule has 0 radical (unpaired) electrons. The Morgan fingerprint density at radius 1 is 1.36 bits per heavy atom. The molecule has 0 bridgehead atoms. The fourth-order valence-corrected chi connectivity index (χ4v) is 1.65. The highest BCUT2D eigenvalue weighted by molar-refractivity contribution is 9.09. The van der Waals surface area contributed by atoms with Crippen molar-refractivity contribution in [3.8, 4) is 0 Å². The van der Waals surface area contributed by atoms with Crippen LogP contribution in [0.2, 0.25) is 0 Å². The Morgan fingerprint density at radius 3 is 2.64 bits per heavy atom. The van der Waals surface area contributed by atoms with E-state index in [9.17, 15) is 4.79 Å². The first-order valence-corrected chi connectivity index (χ1v) is 5.19. The van der Waals surface area contributed by atoms with Crippen molar-refractivity contribution >= 4 is 38.0 Å². The summed E-state index contributed by atoms with van der Waals surface area (Å²) in [6, 6.07) is 0. The third kappa shape index (κ3) is 2.20. The highest BCUT2D eigenvalue weighted by Gasteiger charge is 2.19. The topological polar surface area (TPSA) is 35.5 Å². The zero-order valence-electron chi connectivity index (χ0n) is 5.60. The van der Waals surface area contributed by atoms with Crippen LogP contribution in [0.5, 0.6) is 0 Å². The van der Waals surface area contributed by atoms with Crippen LogP contribution in [0.4, 0.5) is 4.79 Å². The van der Waals surface area contributed by atoms with Gasteiger partial charge in [-0.25, -0.2) is 4.79 Å². The van der Waals surface area contributed by atoms with Crippen molar-refractivity contribution < 1.29 is 14.3 Å². The standard InChI is InChI=1S/C6H6Br2O3/c7-1-4-3-10-6(9)11-5(4)2-8/h1-3H2. The Balaban J connectivity index is 2.74. The molecule has 0 saturated carbocycles. The second-order valence-electron chi connectivity index (χ2n) is 1.93. The molecule has 0 aliphatic carbocycles. The van der Waals surface area contributed by atoms with Gasteiger partial charge in [-0.15, -0.1) is 0 Å². The lowest BCUT2D eigenvalue weighted by Crippen LogP contribution is -2.19. The molecule has 0 amide bonds. The molecule has 1 aliphatic heterocycles. The monoisotopic (exact) mass is 284 g/mol. The molecule has 0 aromatic rings. The quantitative estimate of drug-likeness (QED) is 0.576. The van der Waals surface area contributed by atoms with E-state index in [4.69, 9.17) is 4.74 Å². The van der Waals surface area contributed by atoms with E-state index in [2.05, 4.69) is 36.6 Å². The number of ether oxygens (including phenoxy) is 2. The predicted molar refractivity (Wildman–Crippen MR) is 47.0 cm³/mol. The highest BCUT2D eigenvalue weighted by atomic mass is 79.9. The number of alkyl halides is 2. The van der Waals surface area contributed by atoms with Gasteiger partial charge in [-0.05, 0) is 0 Å². The first kappa shape index (κ1) is 9.06. The van der Waals surface area contributed by atoms with Gasteiger partial charge in [-0.1, -0.05) is 31.9 Å². The number of carbonyl (C=O) groups is 1. The second-order valence-corrected chi connectivity index (χ2v) is 3.06. The maximum atomic E-state index is 10.6. The molecule has 0 saturated heterocycles. The summed E-state index contributed by atoms with van der Waals surface area (Å²) in [5, 5.41) is 1.21. The third-order valence-electron chi connectivity index (χ3n) is 1.25. The van der Waals surface area contributed by atoms with Crippen LogP contribution >= 0.6 is 31.9 Å². The van der Waals surface area contributed by atoms with Crippen LogP contribution in [0, 0.1) is 0 Å². The van der Waals surface area contributed by atoms with Gasteiger partial charge in [-0.2, -0.15) is 0 Å². The molecule has 0 aromatic heterocycles. The van der Waals surface area contributed by atoms with Gasteiger partial charge in [0.2, 0.25) is 0 Å². The van der Waals surface area contributed by atoms with E-state index >= 15 is 0 Å². The van der Waals surface area contributed by atoms with Crippen molar-refractivity contribution in [1.82, 2.24) is 0 Å². The molecule has 1 rings (SSSR count). The number of hydrogen-bond donors (Lipinski definition) is 0. The Kier molecular flexibility index (Phi) is 3.39. The number of hydrogen-bond acceptors (Lipinski definition) is 3. The lowest BCUT2D eigenvalue weighted by Gasteiger charge is -2.16. The highest BCUT2D eigenvalue weighted by Crippen LogP contribution is 2.17. The molecule has 1 aliphatic rings. The van der Waals surface area contributed by atoms with E-state index in [1.165, 1.54) is 0 Å². The van der Waals surface area contributed by atoms with E-state index < -0.39 is 6.16 Å². The summed E-state index contributed by atoms with van der Waals surface area (Å²) in [7, 11) is 0. The van der Waals surface area contributed by atoms with Gasteiger partial charge in [0.15, 0.2) is 0 Å². The van der Waals surface area contributed by atoms with Gasteiger partial charge in [0.1, 0.15) is 12.4 Å². The smallest absolute Gasteiger partial charge is 0.429 e. The first-order valence-electron chi connectivity index (χ1n) is 2.95. The van der Waals surface area contributed by atoms with Gasteiger partial charge in [-0.3, -0.25) is 0 Å². The zero-order chi connectivity index (χ0) is 8.27. The molecule has 0 fully saturated rings. The lowest BCUT2D eigenvalue weighted by molar-refractivity contribution is 0.0698. The van der Waals surface area contributed by atoms with Crippen LogP contribution in [0.15, 0.2) is 11.3 Å². The molecule has 0 spiro atoms. The van der Waals surface area contributed by atoms with Gasteiger partial charge in [0.25, 0.3) is 0 Å². The van der Waals surface area contributed by atoms with Gasteiger partial charge < -0.3 is 9.47 Å². The first-order chi connectivity index (χ1) is 5.27. The second kappa shape index (κ2) is 4.11. The lowest BCUT2D eigenvalue weighted by atomic mass is 10.3. The van der Waals surface area contributed by atoms with Crippen molar-refractivity contribution in [2.45, 2.75) is 0 Å². The number of rotatable bonds is 2. The summed E-state index contributed by atoms with van der Waals surface area (Å²) in [4.78, 5) is 10.6. The van der Waals surface area contributed by atoms with E-state index in [0.717, 1.165) is 5.57 Å². The summed E-state index contributed by atoms with van der Waals surface area (Å²) in [6.07, 6.45) is -0.621. The molecule has 5 heteroatoms. The van der Waals surface area contributed by atoms with Gasteiger partial charge in [0.05, 0.1) is 5.33 Å². The largest absolute Gasteiger partial charge is 0.513 e. The van der Waals surface area contributed by atoms with Crippen LogP contribution in [0.25, 0.3) is 0 Å². The van der Waals surface area contributed by atoms with Crippen molar-refractivity contribution in [3.05, 3.63) is 11.3 Å². The third-order valence-corrected chi connectivity index (χ3v) is 2.43. The van der Waals surface area contributed by atoms with Crippen molar-refractivity contribution in [3.63, 3.8) is 0 Å². The summed E-state index contributed by atoms with van der Waals surface area (Å²) in [5.41, 5.74) is 0.960. The van der Waals surface area contributed by atoms with Crippen LogP contribution in [-0.4, -0.2) is 23.4 Å². The van der Waals surface area contributed by atoms with Crippen molar-refractivity contribution in [2.75, 3.05) is 17.3 Å². The molecule has 0 N–H and O–H groups in total. The minimum atomic E-state index is -0.621. The molecule has 1 heterocycles. The summed E-state index contributed by atoms with van der Waals surface area (Å²) >= 11 is 6.47. The fraction of sp³-hybridized carbons (Fsp3) is 0.500. The zero-order valence-corrected chi connectivity index (χ0v) is 8.77. The number of carbonyl (C=O) groups excluding carboxylic acids is 1. The van der Waals surface area contributed by atoms with Crippen LogP contribution < -0.4 is 0 Å². The maximum absolute atomic E-state index is 10.6. The molecule has 11 heavy (non-hydrogen) atoms. The average Bonchev–Trinajstić information content (AvgIpc) is 2.04. The molecular weight excluding hydrogens is 280 g/mol. The predicted octanol–water partition coefficient (Wildman–Crippen LogP) is 2.20. The van der Waals surface area contributed by atoms with E-state index in [0.29, 0.717) is 23.0 Å². The summed E-state index contributed by atoms with van der Waals surface area (Å²) in [6.45, 7) is 0.324. The van der Waals surface area contributed by atoms with Gasteiger partial charge >= 0.3 is 6.16 Å². The Labute approximate surface area is 81.0 Å². The van der Waals surface area contributed by atoms with Crippen molar-refractivity contribution in [1.29, 1.82) is 0 Å². The Morgan fingerprint density at radius 2 is 2.09 bits per heavy atom. The summed E-state index contributed by atoms with van der Waals surface area (Å²) in [5.74, 6) is 0.651. The fourth-order valence-electron chi connectivity index (χ4n) is 0.664. The van der Waals surface area contributed by atoms with Crippen LogP contribution in [-0.2, 0) is 9.47 Å². The number of cyclic esters (lactones) is 2. The van der Waals surface area contributed by atoms with E-state index in [1.54, 1.807) is 0 Å². The average molecular weight is 286 g/mol. The number of allylic oxidation sites excluding steroid dienone is 1. The van der Waals surface area contributed by atoms with E-state index in [-0.39, 0.29) is 0 Å².